The van der Waals surface area contributed by atoms with Crippen molar-refractivity contribution in [3.63, 3.8) is 0 Å². The van der Waals surface area contributed by atoms with Crippen molar-refractivity contribution in [3.8, 4) is 0 Å². The Morgan fingerprint density at radius 3 is 2.07 bits per heavy atom. The van der Waals surface area contributed by atoms with Gasteiger partial charge in [-0.1, -0.05) is 47.5 Å². The first-order chi connectivity index (χ1) is 12.8. The van der Waals surface area contributed by atoms with E-state index in [4.69, 9.17) is 0 Å². The normalized spacial score (nSPS) is 12.9. The minimum Gasteiger partial charge on any atom is -0.331 e. The van der Waals surface area contributed by atoms with Crippen LogP contribution < -0.4 is 10.2 Å². The number of benzene rings is 2. The number of carbonyl (C=O) groups is 2. The van der Waals surface area contributed by atoms with E-state index < -0.39 is 0 Å². The molecule has 0 radical (unpaired) electrons. The third-order valence-electron chi connectivity index (χ3n) is 4.81. The number of hydrogen-bond acceptors (Lipinski definition) is 2. The van der Waals surface area contributed by atoms with Crippen molar-refractivity contribution in [2.24, 2.45) is 0 Å². The molecule has 0 aromatic heterocycles. The Balaban J connectivity index is 1.87. The van der Waals surface area contributed by atoms with Crippen molar-refractivity contribution >= 4 is 17.5 Å². The largest absolute Gasteiger partial charge is 0.331 e. The molecule has 2 atom stereocenters. The Kier molecular flexibility index (Phi) is 7.13. The smallest absolute Gasteiger partial charge is 0.280 e. The van der Waals surface area contributed by atoms with E-state index >= 15 is 0 Å². The number of anilines is 1. The van der Waals surface area contributed by atoms with E-state index in [0.29, 0.717) is 0 Å². The average molecular weight is 369 g/mol. The molecule has 0 aliphatic rings. The molecule has 2 rings (SSSR count). The van der Waals surface area contributed by atoms with Crippen LogP contribution in [0.1, 0.15) is 23.6 Å². The number of amides is 2. The highest BCUT2D eigenvalue weighted by Gasteiger charge is 2.26. The van der Waals surface area contributed by atoms with Gasteiger partial charge in [0.15, 0.2) is 6.04 Å². The fourth-order valence-electron chi connectivity index (χ4n) is 2.85. The number of nitrogens with one attached hydrogen (secondary N) is 2. The van der Waals surface area contributed by atoms with Gasteiger partial charge < -0.3 is 15.1 Å². The van der Waals surface area contributed by atoms with Gasteiger partial charge in [0, 0.05) is 18.3 Å². The summed E-state index contributed by atoms with van der Waals surface area (Å²) in [5.41, 5.74) is 4.28. The molecule has 0 aliphatic carbocycles. The van der Waals surface area contributed by atoms with Crippen molar-refractivity contribution < 1.29 is 14.5 Å². The molecular formula is C22H30N3O2+. The van der Waals surface area contributed by atoms with Crippen LogP contribution in [0, 0.1) is 13.8 Å². The van der Waals surface area contributed by atoms with Crippen LogP contribution in [-0.2, 0) is 16.1 Å². The number of hydrogen-bond donors (Lipinski definition) is 2. The van der Waals surface area contributed by atoms with Crippen LogP contribution in [0.5, 0.6) is 0 Å². The number of likely N-dealkylation sites (N-methyl/N-ethyl adjacent to an activating group) is 2. The lowest BCUT2D eigenvalue weighted by Gasteiger charge is -2.25. The lowest BCUT2D eigenvalue weighted by molar-refractivity contribution is -0.908. The highest BCUT2D eigenvalue weighted by molar-refractivity contribution is 5.94. The summed E-state index contributed by atoms with van der Waals surface area (Å²) >= 11 is 0. The van der Waals surface area contributed by atoms with E-state index in [2.05, 4.69) is 36.5 Å². The highest BCUT2D eigenvalue weighted by Crippen LogP contribution is 2.08. The SMILES string of the molecule is Cc1ccc(C[NH+](C)[C@H](C)C(=O)N(C)CC(=O)Nc2ccc(C)cc2)cc1. The molecule has 2 aromatic rings. The van der Waals surface area contributed by atoms with Crippen LogP contribution in [0.25, 0.3) is 0 Å². The molecule has 27 heavy (non-hydrogen) atoms. The molecule has 2 N–H and O–H groups in total. The minimum absolute atomic E-state index is 0.0366. The molecule has 0 aliphatic heterocycles. The predicted molar refractivity (Wildman–Crippen MR) is 109 cm³/mol. The molecule has 0 saturated heterocycles. The summed E-state index contributed by atoms with van der Waals surface area (Å²) in [4.78, 5) is 27.5. The second-order valence-corrected chi connectivity index (χ2v) is 7.34. The van der Waals surface area contributed by atoms with Crippen LogP contribution >= 0.6 is 0 Å². The summed E-state index contributed by atoms with van der Waals surface area (Å²) < 4.78 is 0. The Morgan fingerprint density at radius 1 is 1.00 bits per heavy atom. The van der Waals surface area contributed by atoms with Crippen LogP contribution in [-0.4, -0.2) is 43.4 Å². The molecule has 2 aromatic carbocycles. The van der Waals surface area contributed by atoms with Gasteiger partial charge in [-0.25, -0.2) is 0 Å². The maximum atomic E-state index is 12.7. The van der Waals surface area contributed by atoms with E-state index in [1.54, 1.807) is 7.05 Å². The second-order valence-electron chi connectivity index (χ2n) is 7.34. The summed E-state index contributed by atoms with van der Waals surface area (Å²) in [6.45, 7) is 6.75. The first kappa shape index (κ1) is 20.6. The molecular weight excluding hydrogens is 338 g/mol. The summed E-state index contributed by atoms with van der Waals surface area (Å²) in [5.74, 6) is -0.239. The zero-order chi connectivity index (χ0) is 20.0. The maximum absolute atomic E-state index is 12.7. The molecule has 0 heterocycles. The van der Waals surface area contributed by atoms with Gasteiger partial charge in [-0.3, -0.25) is 9.59 Å². The fraction of sp³-hybridized carbons (Fsp3) is 0.364. The van der Waals surface area contributed by atoms with Crippen molar-refractivity contribution in [2.75, 3.05) is 26.0 Å². The quantitative estimate of drug-likeness (QED) is 0.783. The second kappa shape index (κ2) is 9.33. The van der Waals surface area contributed by atoms with Crippen LogP contribution in [0.15, 0.2) is 48.5 Å². The first-order valence-corrected chi connectivity index (χ1v) is 9.25. The zero-order valence-corrected chi connectivity index (χ0v) is 16.9. The fourth-order valence-corrected chi connectivity index (χ4v) is 2.85. The molecule has 2 amide bonds. The Morgan fingerprint density at radius 2 is 1.52 bits per heavy atom. The summed E-state index contributed by atoms with van der Waals surface area (Å²) in [5, 5.41) is 2.83. The molecule has 0 bridgehead atoms. The van der Waals surface area contributed by atoms with E-state index in [-0.39, 0.29) is 24.4 Å². The van der Waals surface area contributed by atoms with Gasteiger partial charge in [0.25, 0.3) is 5.91 Å². The zero-order valence-electron chi connectivity index (χ0n) is 16.9. The van der Waals surface area contributed by atoms with Gasteiger partial charge in [0.1, 0.15) is 6.54 Å². The Hall–Kier alpha value is -2.66. The van der Waals surface area contributed by atoms with Crippen LogP contribution in [0.3, 0.4) is 0 Å². The lowest BCUT2D eigenvalue weighted by atomic mass is 10.1. The Labute approximate surface area is 162 Å². The standard InChI is InChI=1S/C22H29N3O2/c1-16-6-10-19(11-7-16)14-24(4)18(3)22(27)25(5)15-21(26)23-20-12-8-17(2)9-13-20/h6-13,18H,14-15H2,1-5H3,(H,23,26)/p+1/t18-/m1/s1. The summed E-state index contributed by atoms with van der Waals surface area (Å²) in [7, 11) is 3.68. The Bertz CT molecular complexity index is 769. The molecule has 1 unspecified atom stereocenters. The molecule has 5 nitrogen and oxygen atoms in total. The van der Waals surface area contributed by atoms with E-state index in [1.807, 2.05) is 45.2 Å². The number of quaternary nitrogens is 1. The molecule has 0 fully saturated rings. The monoisotopic (exact) mass is 368 g/mol. The highest BCUT2D eigenvalue weighted by atomic mass is 16.2. The number of rotatable bonds is 7. The van der Waals surface area contributed by atoms with Crippen LogP contribution in [0.4, 0.5) is 5.69 Å². The minimum atomic E-state index is -0.233. The maximum Gasteiger partial charge on any atom is 0.280 e. The topological polar surface area (TPSA) is 53.9 Å². The summed E-state index contributed by atoms with van der Waals surface area (Å²) in [6, 6.07) is 15.7. The van der Waals surface area contributed by atoms with Gasteiger partial charge in [0.2, 0.25) is 5.91 Å². The first-order valence-electron chi connectivity index (χ1n) is 9.25. The van der Waals surface area contributed by atoms with E-state index in [1.165, 1.54) is 16.0 Å². The molecule has 0 saturated carbocycles. The van der Waals surface area contributed by atoms with E-state index in [0.717, 1.165) is 22.7 Å². The van der Waals surface area contributed by atoms with Crippen molar-refractivity contribution in [1.29, 1.82) is 0 Å². The number of aryl methyl sites for hydroxylation is 2. The average Bonchev–Trinajstić information content (AvgIpc) is 2.64. The third-order valence-corrected chi connectivity index (χ3v) is 4.81. The van der Waals surface area contributed by atoms with Gasteiger partial charge in [-0.05, 0) is 32.9 Å². The van der Waals surface area contributed by atoms with Crippen molar-refractivity contribution in [3.05, 3.63) is 65.2 Å². The van der Waals surface area contributed by atoms with Crippen LogP contribution in [0.2, 0.25) is 0 Å². The lowest BCUT2D eigenvalue weighted by Crippen LogP contribution is -3.12. The van der Waals surface area contributed by atoms with Gasteiger partial charge >= 0.3 is 0 Å². The molecule has 0 spiro atoms. The number of nitrogens with zero attached hydrogens (tertiary/aromatic N) is 1. The van der Waals surface area contributed by atoms with Gasteiger partial charge in [-0.2, -0.15) is 0 Å². The van der Waals surface area contributed by atoms with Crippen molar-refractivity contribution in [1.82, 2.24) is 4.90 Å². The predicted octanol–water partition coefficient (Wildman–Crippen LogP) is 1.80. The van der Waals surface area contributed by atoms with E-state index in [9.17, 15) is 9.59 Å². The summed E-state index contributed by atoms with van der Waals surface area (Å²) in [6.07, 6.45) is 0. The molecule has 144 valence electrons. The van der Waals surface area contributed by atoms with Gasteiger partial charge in [-0.15, -0.1) is 0 Å². The molecule has 5 heteroatoms. The van der Waals surface area contributed by atoms with Gasteiger partial charge in [0.05, 0.1) is 13.6 Å². The number of carbonyl (C=O) groups excluding carboxylic acids is 2. The third kappa shape index (κ3) is 6.22. The van der Waals surface area contributed by atoms with Crippen molar-refractivity contribution in [2.45, 2.75) is 33.4 Å².